The molecule has 45 heavy (non-hydrogen) atoms. The predicted molar refractivity (Wildman–Crippen MR) is 180 cm³/mol. The van der Waals surface area contributed by atoms with Gasteiger partial charge in [-0.2, -0.15) is 9.97 Å². The second-order valence-electron chi connectivity index (χ2n) is 11.3. The lowest BCUT2D eigenvalue weighted by Gasteiger charge is -2.34. The maximum absolute atomic E-state index is 6.57. The minimum atomic E-state index is -0.517. The molecule has 0 N–H and O–H groups in total. The standard InChI is InChI=1S/C40H24ClN3O/c41-39-43-37(42-38(44-39)26-21-22-32-31-17-6-9-20-35(31)45-36(32)24-26)25-11-10-14-28(23-25)40(27-12-2-1-3-13-27)33-18-7-4-15-29(33)30-16-5-8-19-34(30)40/h1-24H. The number of halogens is 1. The van der Waals surface area contributed by atoms with Crippen molar-refractivity contribution in [3.63, 3.8) is 0 Å². The minimum absolute atomic E-state index is 0.138. The van der Waals surface area contributed by atoms with Gasteiger partial charge in [0.05, 0.1) is 5.41 Å². The van der Waals surface area contributed by atoms with E-state index >= 15 is 0 Å². The van der Waals surface area contributed by atoms with E-state index in [1.165, 1.54) is 27.8 Å². The summed E-state index contributed by atoms with van der Waals surface area (Å²) in [7, 11) is 0. The van der Waals surface area contributed by atoms with E-state index in [0.29, 0.717) is 11.6 Å². The van der Waals surface area contributed by atoms with Crippen LogP contribution in [0.2, 0.25) is 5.28 Å². The SMILES string of the molecule is Clc1nc(-c2cccc(C3(c4ccccc4)c4ccccc4-c4ccccc43)c2)nc(-c2ccc3c(c2)oc2ccccc23)n1. The van der Waals surface area contributed by atoms with Crippen LogP contribution < -0.4 is 0 Å². The molecule has 0 radical (unpaired) electrons. The van der Waals surface area contributed by atoms with E-state index in [1.807, 2.05) is 42.5 Å². The van der Waals surface area contributed by atoms with E-state index in [1.54, 1.807) is 0 Å². The van der Waals surface area contributed by atoms with Crippen LogP contribution in [0, 0.1) is 0 Å². The van der Waals surface area contributed by atoms with Crippen LogP contribution in [0.4, 0.5) is 0 Å². The summed E-state index contributed by atoms with van der Waals surface area (Å²) < 4.78 is 6.14. The van der Waals surface area contributed by atoms with Gasteiger partial charge in [-0.25, -0.2) is 4.98 Å². The van der Waals surface area contributed by atoms with Crippen LogP contribution in [0.3, 0.4) is 0 Å². The summed E-state index contributed by atoms with van der Waals surface area (Å²) in [6, 6.07) is 50.7. The highest BCUT2D eigenvalue weighted by Crippen LogP contribution is 2.56. The fourth-order valence-corrected chi connectivity index (χ4v) is 7.24. The highest BCUT2D eigenvalue weighted by Gasteiger charge is 2.45. The molecule has 5 heteroatoms. The van der Waals surface area contributed by atoms with Gasteiger partial charge in [0.2, 0.25) is 5.28 Å². The van der Waals surface area contributed by atoms with Crippen molar-refractivity contribution in [3.05, 3.63) is 173 Å². The van der Waals surface area contributed by atoms with E-state index in [0.717, 1.165) is 38.6 Å². The number of nitrogens with zero attached hydrogens (tertiary/aromatic N) is 3. The van der Waals surface area contributed by atoms with E-state index in [4.69, 9.17) is 21.0 Å². The minimum Gasteiger partial charge on any atom is -0.456 e. The third kappa shape index (κ3) is 3.89. The van der Waals surface area contributed by atoms with E-state index < -0.39 is 5.41 Å². The fraction of sp³-hybridized carbons (Fsp3) is 0.0250. The van der Waals surface area contributed by atoms with Crippen LogP contribution in [0.25, 0.3) is 55.8 Å². The van der Waals surface area contributed by atoms with Crippen LogP contribution in [0.15, 0.2) is 150 Å². The number of furan rings is 1. The van der Waals surface area contributed by atoms with Gasteiger partial charge in [-0.15, -0.1) is 0 Å². The van der Waals surface area contributed by atoms with Gasteiger partial charge in [0, 0.05) is 21.9 Å². The molecule has 0 bridgehead atoms. The Morgan fingerprint density at radius 1 is 0.467 bits per heavy atom. The molecule has 4 nitrogen and oxygen atoms in total. The highest BCUT2D eigenvalue weighted by atomic mass is 35.5. The molecule has 1 aliphatic rings. The lowest BCUT2D eigenvalue weighted by Crippen LogP contribution is -2.28. The molecule has 0 amide bonds. The smallest absolute Gasteiger partial charge is 0.226 e. The first-order chi connectivity index (χ1) is 22.2. The van der Waals surface area contributed by atoms with Crippen molar-refractivity contribution < 1.29 is 4.42 Å². The summed E-state index contributed by atoms with van der Waals surface area (Å²) in [4.78, 5) is 14.0. The number of benzene rings is 6. The number of para-hydroxylation sites is 1. The summed E-state index contributed by atoms with van der Waals surface area (Å²) in [5.41, 5.74) is 10.1. The van der Waals surface area contributed by atoms with Crippen molar-refractivity contribution in [1.82, 2.24) is 15.0 Å². The summed E-state index contributed by atoms with van der Waals surface area (Å²) in [5.74, 6) is 1.01. The number of hydrogen-bond donors (Lipinski definition) is 0. The maximum Gasteiger partial charge on any atom is 0.226 e. The Kier molecular flexibility index (Phi) is 5.74. The Bertz CT molecular complexity index is 2370. The zero-order valence-electron chi connectivity index (χ0n) is 24.0. The number of fused-ring (bicyclic) bond motifs is 6. The van der Waals surface area contributed by atoms with Gasteiger partial charge in [-0.3, -0.25) is 0 Å². The first kappa shape index (κ1) is 25.9. The lowest BCUT2D eigenvalue weighted by atomic mass is 9.67. The zero-order valence-corrected chi connectivity index (χ0v) is 24.7. The molecule has 0 atom stereocenters. The first-order valence-corrected chi connectivity index (χ1v) is 15.3. The van der Waals surface area contributed by atoms with E-state index in [9.17, 15) is 0 Å². The summed E-state index contributed by atoms with van der Waals surface area (Å²) >= 11 is 6.57. The molecule has 0 unspecified atom stereocenters. The van der Waals surface area contributed by atoms with Crippen molar-refractivity contribution in [2.24, 2.45) is 0 Å². The second-order valence-corrected chi connectivity index (χ2v) is 11.7. The van der Waals surface area contributed by atoms with E-state index in [-0.39, 0.29) is 5.28 Å². The number of hydrogen-bond acceptors (Lipinski definition) is 4. The molecule has 2 heterocycles. The average molecular weight is 598 g/mol. The van der Waals surface area contributed by atoms with Gasteiger partial charge >= 0.3 is 0 Å². The maximum atomic E-state index is 6.57. The Balaban J connectivity index is 1.22. The first-order valence-electron chi connectivity index (χ1n) is 14.9. The van der Waals surface area contributed by atoms with Gasteiger partial charge in [0.25, 0.3) is 0 Å². The Morgan fingerprint density at radius 3 is 1.82 bits per heavy atom. The van der Waals surface area contributed by atoms with Gasteiger partial charge in [0.1, 0.15) is 11.2 Å². The van der Waals surface area contributed by atoms with Crippen LogP contribution in [-0.2, 0) is 5.41 Å². The largest absolute Gasteiger partial charge is 0.456 e. The van der Waals surface area contributed by atoms with Crippen LogP contribution in [0.5, 0.6) is 0 Å². The molecule has 0 fully saturated rings. The van der Waals surface area contributed by atoms with E-state index in [2.05, 4.69) is 113 Å². The quantitative estimate of drug-likeness (QED) is 0.202. The Hall–Kier alpha value is -5.58. The van der Waals surface area contributed by atoms with Crippen LogP contribution >= 0.6 is 11.6 Å². The second kappa shape index (κ2) is 9.98. The summed E-state index contributed by atoms with van der Waals surface area (Å²) in [5, 5.41) is 2.26. The molecular weight excluding hydrogens is 574 g/mol. The third-order valence-electron chi connectivity index (χ3n) is 8.96. The van der Waals surface area contributed by atoms with Gasteiger partial charge in [-0.05, 0) is 69.2 Å². The van der Waals surface area contributed by atoms with Crippen LogP contribution in [0.1, 0.15) is 22.3 Å². The molecule has 2 aromatic heterocycles. The molecule has 0 saturated carbocycles. The summed E-state index contributed by atoms with van der Waals surface area (Å²) in [6.07, 6.45) is 0. The lowest BCUT2D eigenvalue weighted by molar-refractivity contribution is 0.669. The van der Waals surface area contributed by atoms with Crippen molar-refractivity contribution in [3.8, 4) is 33.9 Å². The van der Waals surface area contributed by atoms with Gasteiger partial charge < -0.3 is 4.42 Å². The third-order valence-corrected chi connectivity index (χ3v) is 9.13. The highest BCUT2D eigenvalue weighted by molar-refractivity contribution is 6.28. The average Bonchev–Trinajstić information content (AvgIpc) is 3.62. The zero-order chi connectivity index (χ0) is 30.0. The topological polar surface area (TPSA) is 51.8 Å². The van der Waals surface area contributed by atoms with Crippen molar-refractivity contribution in [2.45, 2.75) is 5.41 Å². The van der Waals surface area contributed by atoms with Gasteiger partial charge in [-0.1, -0.05) is 121 Å². The fourth-order valence-electron chi connectivity index (χ4n) is 7.08. The monoisotopic (exact) mass is 597 g/mol. The molecule has 212 valence electrons. The molecule has 0 saturated heterocycles. The normalized spacial score (nSPS) is 13.2. The molecule has 1 aliphatic carbocycles. The molecule has 6 aromatic carbocycles. The molecular formula is C40H24ClN3O. The van der Waals surface area contributed by atoms with Crippen LogP contribution in [-0.4, -0.2) is 15.0 Å². The number of aromatic nitrogens is 3. The van der Waals surface area contributed by atoms with Crippen molar-refractivity contribution in [1.29, 1.82) is 0 Å². The molecule has 8 aromatic rings. The Labute approximate surface area is 264 Å². The predicted octanol–water partition coefficient (Wildman–Crippen LogP) is 10.1. The summed E-state index contributed by atoms with van der Waals surface area (Å²) in [6.45, 7) is 0. The molecule has 0 aliphatic heterocycles. The van der Waals surface area contributed by atoms with Crippen molar-refractivity contribution in [2.75, 3.05) is 0 Å². The van der Waals surface area contributed by atoms with Gasteiger partial charge in [0.15, 0.2) is 11.6 Å². The Morgan fingerprint density at radius 2 is 1.07 bits per heavy atom. The molecule has 0 spiro atoms. The number of rotatable bonds is 4. The molecule has 9 rings (SSSR count). The van der Waals surface area contributed by atoms with Crippen molar-refractivity contribution >= 4 is 33.5 Å².